The molecule has 4 rings (SSSR count). The van der Waals surface area contributed by atoms with E-state index >= 15 is 0 Å². The number of ether oxygens (including phenoxy) is 1. The van der Waals surface area contributed by atoms with Crippen LogP contribution in [-0.4, -0.2) is 73.5 Å². The largest absolute Gasteiger partial charge is 0.496 e. The number of hydrogen-bond donors (Lipinski definition) is 1. The van der Waals surface area contributed by atoms with Crippen molar-refractivity contribution in [1.82, 2.24) is 20.1 Å². The Hall–Kier alpha value is -3.13. The minimum absolute atomic E-state index is 0.0388. The fourth-order valence-corrected chi connectivity index (χ4v) is 5.18. The summed E-state index contributed by atoms with van der Waals surface area (Å²) in [6.07, 6.45) is 4.64. The molecular weight excluding hydrogens is 454 g/mol. The van der Waals surface area contributed by atoms with Gasteiger partial charge in [0.15, 0.2) is 0 Å². The Kier molecular flexibility index (Phi) is 8.80. The van der Waals surface area contributed by atoms with Crippen molar-refractivity contribution in [3.05, 3.63) is 53.7 Å². The summed E-state index contributed by atoms with van der Waals surface area (Å²) in [7, 11) is 3.77. The third kappa shape index (κ3) is 5.98. The normalized spacial score (nSPS) is 20.9. The first-order chi connectivity index (χ1) is 17.5. The predicted molar refractivity (Wildman–Crippen MR) is 141 cm³/mol. The van der Waals surface area contributed by atoms with Gasteiger partial charge in [-0.25, -0.2) is 4.98 Å². The lowest BCUT2D eigenvalue weighted by atomic mass is 9.83. The molecule has 194 valence electrons. The van der Waals surface area contributed by atoms with Crippen LogP contribution in [0.1, 0.15) is 49.8 Å². The first-order valence-electron chi connectivity index (χ1n) is 13.1. The van der Waals surface area contributed by atoms with Crippen molar-refractivity contribution < 1.29 is 14.3 Å². The Morgan fingerprint density at radius 2 is 1.92 bits per heavy atom. The molecule has 2 aliphatic rings. The molecule has 2 amide bonds. The molecule has 3 heterocycles. The highest BCUT2D eigenvalue weighted by atomic mass is 16.5. The lowest BCUT2D eigenvalue weighted by Gasteiger charge is -2.41. The highest BCUT2D eigenvalue weighted by molar-refractivity contribution is 5.85. The number of anilines is 1. The molecule has 36 heavy (non-hydrogen) atoms. The lowest BCUT2D eigenvalue weighted by molar-refractivity contribution is -0.143. The number of likely N-dealkylation sites (N-methyl/N-ethyl adjacent to an activating group) is 1. The van der Waals surface area contributed by atoms with Gasteiger partial charge in [0.2, 0.25) is 11.8 Å². The molecule has 2 unspecified atom stereocenters. The molecule has 8 heteroatoms. The molecule has 1 aromatic carbocycles. The maximum atomic E-state index is 13.5. The zero-order chi connectivity index (χ0) is 25.5. The zero-order valence-electron chi connectivity index (χ0n) is 21.8. The van der Waals surface area contributed by atoms with Gasteiger partial charge < -0.3 is 24.8 Å². The number of nitrogens with one attached hydrogen (secondary N) is 1. The molecule has 1 N–H and O–H groups in total. The van der Waals surface area contributed by atoms with Crippen LogP contribution in [0, 0.1) is 5.92 Å². The van der Waals surface area contributed by atoms with Gasteiger partial charge in [0, 0.05) is 57.4 Å². The van der Waals surface area contributed by atoms with Crippen molar-refractivity contribution in [2.24, 2.45) is 5.92 Å². The Bertz CT molecular complexity index is 1020. The number of rotatable bonds is 9. The fourth-order valence-electron chi connectivity index (χ4n) is 5.18. The number of methoxy groups -OCH3 is 1. The van der Waals surface area contributed by atoms with Gasteiger partial charge in [-0.3, -0.25) is 9.59 Å². The van der Waals surface area contributed by atoms with Crippen LogP contribution in [0.25, 0.3) is 0 Å². The summed E-state index contributed by atoms with van der Waals surface area (Å²) in [6, 6.07) is 11.5. The summed E-state index contributed by atoms with van der Waals surface area (Å²) < 4.78 is 5.63. The van der Waals surface area contributed by atoms with E-state index in [1.807, 2.05) is 47.5 Å². The number of benzene rings is 1. The third-order valence-corrected chi connectivity index (χ3v) is 7.36. The average molecular weight is 494 g/mol. The van der Waals surface area contributed by atoms with E-state index in [1.165, 1.54) is 0 Å². The second kappa shape index (κ2) is 12.2. The van der Waals surface area contributed by atoms with Crippen molar-refractivity contribution >= 4 is 17.6 Å². The van der Waals surface area contributed by atoms with E-state index in [4.69, 9.17) is 4.74 Å². The number of hydrogen-bond acceptors (Lipinski definition) is 6. The van der Waals surface area contributed by atoms with E-state index in [1.54, 1.807) is 7.11 Å². The van der Waals surface area contributed by atoms with E-state index in [9.17, 15) is 9.59 Å². The Balaban J connectivity index is 1.47. The quantitative estimate of drug-likeness (QED) is 0.578. The highest BCUT2D eigenvalue weighted by Gasteiger charge is 2.41. The minimum atomic E-state index is -0.341. The monoisotopic (exact) mass is 493 g/mol. The number of carbonyl (C=O) groups excluding carboxylic acids is 2. The van der Waals surface area contributed by atoms with Gasteiger partial charge in [0.05, 0.1) is 19.1 Å². The number of nitrogens with zero attached hydrogens (tertiary/aromatic N) is 4. The highest BCUT2D eigenvalue weighted by Crippen LogP contribution is 2.40. The number of amides is 2. The van der Waals surface area contributed by atoms with E-state index in [2.05, 4.69) is 34.1 Å². The molecule has 2 saturated heterocycles. The number of para-hydroxylation sites is 1. The molecule has 2 aliphatic heterocycles. The molecule has 2 atom stereocenters. The zero-order valence-corrected chi connectivity index (χ0v) is 21.8. The van der Waals surface area contributed by atoms with Crippen molar-refractivity contribution in [3.8, 4) is 5.75 Å². The number of likely N-dealkylation sites (tertiary alicyclic amines) is 1. The van der Waals surface area contributed by atoms with Crippen LogP contribution >= 0.6 is 0 Å². The molecule has 0 spiro atoms. The van der Waals surface area contributed by atoms with Gasteiger partial charge in [-0.1, -0.05) is 37.6 Å². The molecule has 0 bridgehead atoms. The summed E-state index contributed by atoms with van der Waals surface area (Å²) in [6.45, 7) is 7.17. The van der Waals surface area contributed by atoms with Crippen LogP contribution < -0.4 is 15.0 Å². The van der Waals surface area contributed by atoms with Crippen molar-refractivity contribution in [3.63, 3.8) is 0 Å². The van der Waals surface area contributed by atoms with Crippen LogP contribution in [0.4, 0.5) is 5.82 Å². The van der Waals surface area contributed by atoms with Gasteiger partial charge in [0.1, 0.15) is 11.6 Å². The van der Waals surface area contributed by atoms with Crippen molar-refractivity contribution in [2.45, 2.75) is 45.2 Å². The summed E-state index contributed by atoms with van der Waals surface area (Å²) in [5, 5.41) is 3.12. The van der Waals surface area contributed by atoms with Gasteiger partial charge in [0.25, 0.3) is 0 Å². The SMILES string of the molecule is CCCCN1C(=O)CCC(C(=O)NCc2ccc(N3CCN(C)CC3)nc2)C1c1ccccc1OC. The van der Waals surface area contributed by atoms with Gasteiger partial charge in [-0.05, 0) is 37.6 Å². The summed E-state index contributed by atoms with van der Waals surface area (Å²) in [4.78, 5) is 37.6. The summed E-state index contributed by atoms with van der Waals surface area (Å²) >= 11 is 0. The Morgan fingerprint density at radius 3 is 2.61 bits per heavy atom. The topological polar surface area (TPSA) is 78.0 Å². The standard InChI is InChI=1S/C28H39N5O3/c1-4-5-14-33-26(34)13-11-23(27(33)22-8-6-7-9-24(22)36-3)28(35)30-20-21-10-12-25(29-19-21)32-17-15-31(2)16-18-32/h6-10,12,19,23,27H,4-5,11,13-18,20H2,1-3H3,(H,30,35). The predicted octanol–water partition coefficient (Wildman–Crippen LogP) is 3.24. The smallest absolute Gasteiger partial charge is 0.225 e. The minimum Gasteiger partial charge on any atom is -0.496 e. The van der Waals surface area contributed by atoms with Crippen LogP contribution in [0.2, 0.25) is 0 Å². The van der Waals surface area contributed by atoms with E-state index in [0.29, 0.717) is 31.7 Å². The Morgan fingerprint density at radius 1 is 1.14 bits per heavy atom. The van der Waals surface area contributed by atoms with Gasteiger partial charge in [-0.2, -0.15) is 0 Å². The number of aromatic nitrogens is 1. The van der Waals surface area contributed by atoms with E-state index in [-0.39, 0.29) is 23.8 Å². The Labute approximate surface area is 214 Å². The summed E-state index contributed by atoms with van der Waals surface area (Å²) in [5.74, 6) is 1.41. The van der Waals surface area contributed by atoms with Crippen LogP contribution in [0.3, 0.4) is 0 Å². The fraction of sp³-hybridized carbons (Fsp3) is 0.536. The first-order valence-corrected chi connectivity index (χ1v) is 13.1. The van der Waals surface area contributed by atoms with Crippen LogP contribution in [0.15, 0.2) is 42.6 Å². The number of unbranched alkanes of at least 4 members (excludes halogenated alkanes) is 1. The van der Waals surface area contributed by atoms with Crippen molar-refractivity contribution in [2.75, 3.05) is 51.8 Å². The number of piperidine rings is 1. The molecular formula is C28H39N5O3. The number of carbonyl (C=O) groups is 2. The molecule has 0 aliphatic carbocycles. The molecule has 8 nitrogen and oxygen atoms in total. The second-order valence-corrected chi connectivity index (χ2v) is 9.81. The third-order valence-electron chi connectivity index (χ3n) is 7.36. The first kappa shape index (κ1) is 25.9. The molecule has 0 saturated carbocycles. The molecule has 2 aromatic rings. The lowest BCUT2D eigenvalue weighted by Crippen LogP contribution is -2.48. The second-order valence-electron chi connectivity index (χ2n) is 9.81. The van der Waals surface area contributed by atoms with Crippen LogP contribution in [0.5, 0.6) is 5.75 Å². The number of piperazine rings is 1. The maximum absolute atomic E-state index is 13.5. The maximum Gasteiger partial charge on any atom is 0.225 e. The molecule has 1 aromatic heterocycles. The van der Waals surface area contributed by atoms with Gasteiger partial charge >= 0.3 is 0 Å². The summed E-state index contributed by atoms with van der Waals surface area (Å²) in [5.41, 5.74) is 1.85. The van der Waals surface area contributed by atoms with Crippen LogP contribution in [-0.2, 0) is 16.1 Å². The molecule has 2 fully saturated rings. The number of pyridine rings is 1. The average Bonchev–Trinajstić information content (AvgIpc) is 2.91. The molecule has 0 radical (unpaired) electrons. The van der Waals surface area contributed by atoms with Crippen molar-refractivity contribution in [1.29, 1.82) is 0 Å². The van der Waals surface area contributed by atoms with E-state index in [0.717, 1.165) is 56.0 Å². The van der Waals surface area contributed by atoms with Gasteiger partial charge in [-0.15, -0.1) is 0 Å². The van der Waals surface area contributed by atoms with E-state index < -0.39 is 0 Å².